The monoisotopic (exact) mass is 307 g/mol. The predicted octanol–water partition coefficient (Wildman–Crippen LogP) is 3.03. The minimum atomic E-state index is -3.51. The average Bonchev–Trinajstić information content (AvgIpc) is 2.89. The Morgan fingerprint density at radius 3 is 2.24 bits per heavy atom. The second-order valence-electron chi connectivity index (χ2n) is 5.32. The summed E-state index contributed by atoms with van der Waals surface area (Å²) in [6.45, 7) is 7.89. The van der Waals surface area contributed by atoms with Gasteiger partial charge in [0.25, 0.3) is 0 Å². The summed E-state index contributed by atoms with van der Waals surface area (Å²) in [6, 6.07) is 5.65. The van der Waals surface area contributed by atoms with E-state index in [1.807, 2.05) is 39.8 Å². The van der Waals surface area contributed by atoms with Gasteiger partial charge in [0.15, 0.2) is 0 Å². The van der Waals surface area contributed by atoms with Crippen LogP contribution in [-0.4, -0.2) is 15.0 Å². The van der Waals surface area contributed by atoms with E-state index < -0.39 is 10.0 Å². The van der Waals surface area contributed by atoms with Gasteiger partial charge in [0.2, 0.25) is 10.0 Å². The fourth-order valence-electron chi connectivity index (χ4n) is 2.42. The van der Waals surface area contributed by atoms with Gasteiger partial charge >= 0.3 is 0 Å². The Morgan fingerprint density at radius 1 is 1.10 bits per heavy atom. The van der Waals surface area contributed by atoms with E-state index in [-0.39, 0.29) is 0 Å². The molecule has 21 heavy (non-hydrogen) atoms. The largest absolute Gasteiger partial charge is 0.469 e. The van der Waals surface area contributed by atoms with Crippen LogP contribution >= 0.6 is 0 Å². The van der Waals surface area contributed by atoms with Crippen molar-refractivity contribution in [3.8, 4) is 0 Å². The molecular weight excluding hydrogens is 286 g/mol. The van der Waals surface area contributed by atoms with Crippen molar-refractivity contribution in [2.45, 2.75) is 39.0 Å². The zero-order valence-corrected chi connectivity index (χ0v) is 13.7. The van der Waals surface area contributed by atoms with Gasteiger partial charge in [-0.05, 0) is 62.1 Å². The molecule has 1 aromatic carbocycles. The van der Waals surface area contributed by atoms with E-state index in [0.717, 1.165) is 28.0 Å². The maximum atomic E-state index is 12.6. The smallest absolute Gasteiger partial charge is 0.241 e. The van der Waals surface area contributed by atoms with E-state index >= 15 is 0 Å². The molecule has 114 valence electrons. The highest BCUT2D eigenvalue weighted by Crippen LogP contribution is 2.25. The molecule has 0 spiro atoms. The van der Waals surface area contributed by atoms with Crippen molar-refractivity contribution in [1.82, 2.24) is 4.72 Å². The summed E-state index contributed by atoms with van der Waals surface area (Å²) >= 11 is 0. The highest BCUT2D eigenvalue weighted by Gasteiger charge is 2.21. The molecule has 0 bridgehead atoms. The summed E-state index contributed by atoms with van der Waals surface area (Å²) in [4.78, 5) is 0.402. The lowest BCUT2D eigenvalue weighted by Crippen LogP contribution is -2.27. The molecule has 1 heterocycles. The van der Waals surface area contributed by atoms with Crippen LogP contribution in [0.5, 0.6) is 0 Å². The molecule has 0 fully saturated rings. The molecule has 0 aliphatic carbocycles. The highest BCUT2D eigenvalue weighted by atomic mass is 32.2. The zero-order valence-electron chi connectivity index (χ0n) is 12.9. The number of rotatable bonds is 5. The quantitative estimate of drug-likeness (QED) is 0.923. The van der Waals surface area contributed by atoms with Crippen molar-refractivity contribution in [3.05, 3.63) is 52.5 Å². The van der Waals surface area contributed by atoms with Crippen LogP contribution in [0.2, 0.25) is 0 Å². The Kier molecular flexibility index (Phi) is 4.54. The van der Waals surface area contributed by atoms with Gasteiger partial charge in [0.1, 0.15) is 5.76 Å². The van der Waals surface area contributed by atoms with Crippen LogP contribution in [0.25, 0.3) is 0 Å². The molecule has 0 radical (unpaired) electrons. The standard InChI is InChI=1S/C16H21NO3S/c1-11-10-12(2)14(4)16(13(11)3)21(18,19)17-8-7-15-6-5-9-20-15/h5-6,9-10,17H,7-8H2,1-4H3. The Hall–Kier alpha value is -1.59. The third-order valence-electron chi connectivity index (χ3n) is 3.81. The number of benzene rings is 1. The number of hydrogen-bond acceptors (Lipinski definition) is 3. The van der Waals surface area contributed by atoms with Crippen LogP contribution in [0.4, 0.5) is 0 Å². The first-order chi connectivity index (χ1) is 9.83. The topological polar surface area (TPSA) is 59.3 Å². The van der Waals surface area contributed by atoms with Gasteiger partial charge in [0.05, 0.1) is 11.2 Å². The molecule has 0 aliphatic rings. The van der Waals surface area contributed by atoms with E-state index in [1.165, 1.54) is 0 Å². The lowest BCUT2D eigenvalue weighted by molar-refractivity contribution is 0.505. The fourth-order valence-corrected chi connectivity index (χ4v) is 4.06. The minimum Gasteiger partial charge on any atom is -0.469 e. The number of aryl methyl sites for hydroxylation is 2. The summed E-state index contributed by atoms with van der Waals surface area (Å²) in [5.41, 5.74) is 3.60. The lowest BCUT2D eigenvalue weighted by atomic mass is 10.0. The van der Waals surface area contributed by atoms with Gasteiger partial charge in [-0.15, -0.1) is 0 Å². The molecule has 0 unspecified atom stereocenters. The Balaban J connectivity index is 2.23. The van der Waals surface area contributed by atoms with Gasteiger partial charge in [-0.3, -0.25) is 0 Å². The average molecular weight is 307 g/mol. The van der Waals surface area contributed by atoms with Gasteiger partial charge in [-0.1, -0.05) is 6.07 Å². The maximum absolute atomic E-state index is 12.6. The number of hydrogen-bond donors (Lipinski definition) is 1. The van der Waals surface area contributed by atoms with Crippen LogP contribution in [0, 0.1) is 27.7 Å². The number of nitrogens with one attached hydrogen (secondary N) is 1. The first-order valence-corrected chi connectivity index (χ1v) is 8.40. The van der Waals surface area contributed by atoms with E-state index in [4.69, 9.17) is 4.42 Å². The van der Waals surface area contributed by atoms with Crippen molar-refractivity contribution in [3.63, 3.8) is 0 Å². The van der Waals surface area contributed by atoms with Crippen LogP contribution in [0.1, 0.15) is 28.0 Å². The van der Waals surface area contributed by atoms with E-state index in [9.17, 15) is 8.42 Å². The second kappa shape index (κ2) is 6.03. The molecule has 0 aliphatic heterocycles. The first-order valence-electron chi connectivity index (χ1n) is 6.92. The number of furan rings is 1. The summed E-state index contributed by atoms with van der Waals surface area (Å²) in [7, 11) is -3.51. The molecule has 0 saturated carbocycles. The zero-order chi connectivity index (χ0) is 15.6. The molecule has 0 amide bonds. The van der Waals surface area contributed by atoms with Crippen LogP contribution < -0.4 is 4.72 Å². The van der Waals surface area contributed by atoms with E-state index in [0.29, 0.717) is 17.9 Å². The molecule has 2 aromatic rings. The molecular formula is C16H21NO3S. The molecule has 2 rings (SSSR count). The Labute approximate surface area is 126 Å². The summed E-state index contributed by atoms with van der Waals surface area (Å²) in [5, 5.41) is 0. The van der Waals surface area contributed by atoms with Crippen molar-refractivity contribution < 1.29 is 12.8 Å². The third-order valence-corrected chi connectivity index (χ3v) is 5.54. The highest BCUT2D eigenvalue weighted by molar-refractivity contribution is 7.89. The first kappa shape index (κ1) is 15.8. The molecule has 4 nitrogen and oxygen atoms in total. The van der Waals surface area contributed by atoms with Gasteiger partial charge < -0.3 is 4.42 Å². The SMILES string of the molecule is Cc1cc(C)c(C)c(S(=O)(=O)NCCc2ccco2)c1C. The van der Waals surface area contributed by atoms with Crippen LogP contribution in [0.15, 0.2) is 33.8 Å². The van der Waals surface area contributed by atoms with E-state index in [2.05, 4.69) is 4.72 Å². The normalized spacial score (nSPS) is 11.8. The third kappa shape index (κ3) is 3.36. The van der Waals surface area contributed by atoms with Crippen molar-refractivity contribution in [2.24, 2.45) is 0 Å². The Bertz CT molecular complexity index is 705. The summed E-state index contributed by atoms with van der Waals surface area (Å²) in [5.74, 6) is 0.770. The molecule has 1 N–H and O–H groups in total. The van der Waals surface area contributed by atoms with Crippen LogP contribution in [-0.2, 0) is 16.4 Å². The Morgan fingerprint density at radius 2 is 1.71 bits per heavy atom. The van der Waals surface area contributed by atoms with Gasteiger partial charge in [-0.25, -0.2) is 13.1 Å². The molecule has 0 saturated heterocycles. The van der Waals surface area contributed by atoms with Gasteiger partial charge in [0, 0.05) is 13.0 Å². The maximum Gasteiger partial charge on any atom is 0.241 e. The fraction of sp³-hybridized carbons (Fsp3) is 0.375. The molecule has 5 heteroatoms. The van der Waals surface area contributed by atoms with Crippen molar-refractivity contribution in [2.75, 3.05) is 6.54 Å². The van der Waals surface area contributed by atoms with Gasteiger partial charge in [-0.2, -0.15) is 0 Å². The summed E-state index contributed by atoms with van der Waals surface area (Å²) in [6.07, 6.45) is 2.12. The molecule has 0 atom stereocenters. The molecule has 1 aromatic heterocycles. The second-order valence-corrected chi connectivity index (χ2v) is 7.02. The van der Waals surface area contributed by atoms with Crippen molar-refractivity contribution in [1.29, 1.82) is 0 Å². The predicted molar refractivity (Wildman–Crippen MR) is 83.0 cm³/mol. The van der Waals surface area contributed by atoms with E-state index in [1.54, 1.807) is 12.3 Å². The van der Waals surface area contributed by atoms with Crippen LogP contribution in [0.3, 0.4) is 0 Å². The number of sulfonamides is 1. The van der Waals surface area contributed by atoms with Crippen molar-refractivity contribution >= 4 is 10.0 Å². The lowest BCUT2D eigenvalue weighted by Gasteiger charge is -2.16. The minimum absolute atomic E-state index is 0.321. The summed E-state index contributed by atoms with van der Waals surface area (Å²) < 4.78 is 33.0.